The highest BCUT2D eigenvalue weighted by Gasteiger charge is 2.24. The van der Waals surface area contributed by atoms with E-state index < -0.39 is 5.97 Å². The predicted molar refractivity (Wildman–Crippen MR) is 69.8 cm³/mol. The van der Waals surface area contributed by atoms with Crippen molar-refractivity contribution in [3.63, 3.8) is 0 Å². The Balaban J connectivity index is 2.04. The third-order valence-electron chi connectivity index (χ3n) is 3.56. The van der Waals surface area contributed by atoms with E-state index in [4.69, 9.17) is 5.11 Å². The first-order valence-electron chi connectivity index (χ1n) is 6.32. The topological polar surface area (TPSA) is 68.0 Å². The molecule has 1 fully saturated rings. The number of aromatic nitrogens is 3. The van der Waals surface area contributed by atoms with Crippen LogP contribution in [0.15, 0.2) is 18.5 Å². The summed E-state index contributed by atoms with van der Waals surface area (Å²) in [5, 5.41) is 13.2. The molecule has 0 bridgehead atoms. The van der Waals surface area contributed by atoms with Gasteiger partial charge in [-0.3, -0.25) is 0 Å². The zero-order valence-corrected chi connectivity index (χ0v) is 10.9. The van der Waals surface area contributed by atoms with E-state index in [-0.39, 0.29) is 5.56 Å². The van der Waals surface area contributed by atoms with Crippen LogP contribution in [0.1, 0.15) is 45.9 Å². The fourth-order valence-electron chi connectivity index (χ4n) is 2.28. The molecule has 0 amide bonds. The molecule has 1 aliphatic rings. The molecule has 1 aliphatic carbocycles. The molecule has 1 N–H and O–H groups in total. The summed E-state index contributed by atoms with van der Waals surface area (Å²) in [6, 6.07) is 2.13. The molecule has 0 aliphatic heterocycles. The number of nitrogens with zero attached hydrogens (tertiary/aromatic N) is 3. The highest BCUT2D eigenvalue weighted by Crippen LogP contribution is 2.40. The van der Waals surface area contributed by atoms with Crippen LogP contribution in [0, 0.1) is 13.8 Å². The van der Waals surface area contributed by atoms with Crippen molar-refractivity contribution in [1.82, 2.24) is 14.8 Å². The van der Waals surface area contributed by atoms with Crippen molar-refractivity contribution in [2.24, 2.45) is 0 Å². The lowest BCUT2D eigenvalue weighted by molar-refractivity contribution is 0.0696. The van der Waals surface area contributed by atoms with Crippen LogP contribution in [0.25, 0.3) is 5.82 Å². The molecule has 0 saturated heterocycles. The standard InChI is InChI=1S/C14H15N3O2/c1-8-5-11(10-3-4-10)6-15-13(8)17-9(2)12(7-16-17)14(18)19/h5-7,10H,3-4H2,1-2H3,(H,18,19). The summed E-state index contributed by atoms with van der Waals surface area (Å²) >= 11 is 0. The lowest BCUT2D eigenvalue weighted by Gasteiger charge is -2.09. The van der Waals surface area contributed by atoms with Gasteiger partial charge >= 0.3 is 5.97 Å². The molecule has 0 spiro atoms. The van der Waals surface area contributed by atoms with Crippen molar-refractivity contribution >= 4 is 5.97 Å². The zero-order valence-electron chi connectivity index (χ0n) is 10.9. The van der Waals surface area contributed by atoms with Crippen molar-refractivity contribution in [3.05, 3.63) is 40.8 Å². The van der Waals surface area contributed by atoms with Gasteiger partial charge in [0.2, 0.25) is 0 Å². The first-order chi connectivity index (χ1) is 9.08. The summed E-state index contributed by atoms with van der Waals surface area (Å²) in [6.45, 7) is 3.72. The Labute approximate surface area is 110 Å². The number of pyridine rings is 1. The van der Waals surface area contributed by atoms with Crippen LogP contribution >= 0.6 is 0 Å². The van der Waals surface area contributed by atoms with Gasteiger partial charge in [-0.15, -0.1) is 0 Å². The molecular weight excluding hydrogens is 242 g/mol. The normalized spacial score (nSPS) is 14.6. The van der Waals surface area contributed by atoms with E-state index in [9.17, 15) is 4.79 Å². The number of carbonyl (C=O) groups is 1. The molecule has 0 aromatic carbocycles. The molecule has 3 rings (SSSR count). The molecule has 2 heterocycles. The van der Waals surface area contributed by atoms with Gasteiger partial charge in [-0.1, -0.05) is 6.07 Å². The van der Waals surface area contributed by atoms with Crippen LogP contribution in [0.2, 0.25) is 0 Å². The first kappa shape index (κ1) is 11.9. The van der Waals surface area contributed by atoms with Gasteiger partial charge < -0.3 is 5.11 Å². The predicted octanol–water partition coefficient (Wildman–Crippen LogP) is 2.46. The Kier molecular flexibility index (Phi) is 2.62. The minimum absolute atomic E-state index is 0.215. The van der Waals surface area contributed by atoms with E-state index in [1.807, 2.05) is 13.1 Å². The lowest BCUT2D eigenvalue weighted by atomic mass is 10.1. The van der Waals surface area contributed by atoms with E-state index in [1.54, 1.807) is 11.6 Å². The quantitative estimate of drug-likeness (QED) is 0.917. The number of carboxylic acid groups (broad SMARTS) is 1. The van der Waals surface area contributed by atoms with Crippen LogP contribution < -0.4 is 0 Å². The van der Waals surface area contributed by atoms with Gasteiger partial charge in [0, 0.05) is 6.20 Å². The number of aromatic carboxylic acids is 1. The molecule has 2 aromatic heterocycles. The minimum atomic E-state index is -0.962. The van der Waals surface area contributed by atoms with E-state index in [0.29, 0.717) is 17.4 Å². The first-order valence-corrected chi connectivity index (χ1v) is 6.32. The van der Waals surface area contributed by atoms with E-state index in [1.165, 1.54) is 24.6 Å². The largest absolute Gasteiger partial charge is 0.478 e. The third kappa shape index (κ3) is 2.01. The highest BCUT2D eigenvalue weighted by molar-refractivity contribution is 5.88. The summed E-state index contributed by atoms with van der Waals surface area (Å²) in [5.74, 6) is 0.402. The maximum Gasteiger partial charge on any atom is 0.339 e. The van der Waals surface area contributed by atoms with Crippen molar-refractivity contribution in [1.29, 1.82) is 0 Å². The average Bonchev–Trinajstić information content (AvgIpc) is 3.13. The Bertz CT molecular complexity index is 657. The smallest absolute Gasteiger partial charge is 0.339 e. The number of hydrogen-bond donors (Lipinski definition) is 1. The summed E-state index contributed by atoms with van der Waals surface area (Å²) in [4.78, 5) is 15.5. The molecule has 0 atom stereocenters. The zero-order chi connectivity index (χ0) is 13.6. The second kappa shape index (κ2) is 4.19. The Hall–Kier alpha value is -2.17. The Morgan fingerprint density at radius 2 is 2.11 bits per heavy atom. The van der Waals surface area contributed by atoms with Crippen molar-refractivity contribution in [2.45, 2.75) is 32.6 Å². The molecule has 0 unspecified atom stereocenters. The van der Waals surface area contributed by atoms with E-state index in [2.05, 4.69) is 16.1 Å². The molecule has 5 nitrogen and oxygen atoms in total. The van der Waals surface area contributed by atoms with Crippen LogP contribution in [0.5, 0.6) is 0 Å². The van der Waals surface area contributed by atoms with E-state index >= 15 is 0 Å². The molecule has 5 heteroatoms. The average molecular weight is 257 g/mol. The van der Waals surface area contributed by atoms with Gasteiger partial charge in [-0.25, -0.2) is 14.5 Å². The second-order valence-corrected chi connectivity index (χ2v) is 5.04. The maximum atomic E-state index is 11.0. The summed E-state index contributed by atoms with van der Waals surface area (Å²) in [7, 11) is 0. The Morgan fingerprint density at radius 3 is 2.63 bits per heavy atom. The number of carboxylic acids is 1. The van der Waals surface area contributed by atoms with Gasteiger partial charge in [0.1, 0.15) is 5.56 Å². The van der Waals surface area contributed by atoms with E-state index in [0.717, 1.165) is 5.56 Å². The molecular formula is C14H15N3O2. The number of hydrogen-bond acceptors (Lipinski definition) is 3. The molecule has 1 saturated carbocycles. The molecule has 98 valence electrons. The van der Waals surface area contributed by atoms with Crippen molar-refractivity contribution in [3.8, 4) is 5.82 Å². The third-order valence-corrected chi connectivity index (χ3v) is 3.56. The molecule has 0 radical (unpaired) electrons. The SMILES string of the molecule is Cc1cc(C2CC2)cnc1-n1ncc(C(=O)O)c1C. The number of rotatable bonds is 3. The van der Waals surface area contributed by atoms with Gasteiger partial charge in [-0.2, -0.15) is 5.10 Å². The monoisotopic (exact) mass is 257 g/mol. The fourth-order valence-corrected chi connectivity index (χ4v) is 2.28. The van der Waals surface area contributed by atoms with Crippen LogP contribution in [-0.4, -0.2) is 25.8 Å². The highest BCUT2D eigenvalue weighted by atomic mass is 16.4. The molecule has 2 aromatic rings. The van der Waals surface area contributed by atoms with Crippen molar-refractivity contribution < 1.29 is 9.90 Å². The summed E-state index contributed by atoms with van der Waals surface area (Å²) in [5.41, 5.74) is 3.10. The Morgan fingerprint density at radius 1 is 1.37 bits per heavy atom. The second-order valence-electron chi connectivity index (χ2n) is 5.04. The van der Waals surface area contributed by atoms with Crippen LogP contribution in [0.4, 0.5) is 0 Å². The number of aryl methyl sites for hydroxylation is 1. The van der Waals surface area contributed by atoms with Gasteiger partial charge in [0.25, 0.3) is 0 Å². The van der Waals surface area contributed by atoms with Gasteiger partial charge in [0.05, 0.1) is 11.9 Å². The van der Waals surface area contributed by atoms with Gasteiger partial charge in [0.15, 0.2) is 5.82 Å². The summed E-state index contributed by atoms with van der Waals surface area (Å²) < 4.78 is 1.59. The fraction of sp³-hybridized carbons (Fsp3) is 0.357. The lowest BCUT2D eigenvalue weighted by Crippen LogP contribution is -2.06. The van der Waals surface area contributed by atoms with Crippen molar-refractivity contribution in [2.75, 3.05) is 0 Å². The van der Waals surface area contributed by atoms with Gasteiger partial charge in [-0.05, 0) is 43.7 Å². The minimum Gasteiger partial charge on any atom is -0.478 e. The molecule has 19 heavy (non-hydrogen) atoms. The summed E-state index contributed by atoms with van der Waals surface area (Å²) in [6.07, 6.45) is 5.73. The maximum absolute atomic E-state index is 11.0. The van der Waals surface area contributed by atoms with Crippen LogP contribution in [0.3, 0.4) is 0 Å². The van der Waals surface area contributed by atoms with Crippen LogP contribution in [-0.2, 0) is 0 Å².